The predicted molar refractivity (Wildman–Crippen MR) is 93.5 cm³/mol. The second kappa shape index (κ2) is 6.38. The number of amides is 1. The normalized spacial score (nSPS) is 16.3. The summed E-state index contributed by atoms with van der Waals surface area (Å²) < 4.78 is 19.5. The van der Waals surface area contributed by atoms with E-state index in [4.69, 9.17) is 9.52 Å². The van der Waals surface area contributed by atoms with Crippen LogP contribution in [-0.4, -0.2) is 29.1 Å². The van der Waals surface area contributed by atoms with Gasteiger partial charge < -0.3 is 14.4 Å². The zero-order chi connectivity index (χ0) is 18.3. The monoisotopic (exact) mass is 353 g/mol. The number of aliphatic hydroxyl groups excluding tert-OH is 1. The summed E-state index contributed by atoms with van der Waals surface area (Å²) in [7, 11) is 0. The highest BCUT2D eigenvalue weighted by atomic mass is 19.1. The van der Waals surface area contributed by atoms with Crippen LogP contribution in [0, 0.1) is 5.82 Å². The largest absolute Gasteiger partial charge is 0.450 e. The zero-order valence-electron chi connectivity index (χ0n) is 13.8. The smallest absolute Gasteiger partial charge is 0.290 e. The maximum atomic E-state index is 13.8. The number of carbonyl (C=O) groups is 1. The van der Waals surface area contributed by atoms with E-state index in [9.17, 15) is 14.0 Å². The lowest BCUT2D eigenvalue weighted by Crippen LogP contribution is -2.31. The van der Waals surface area contributed by atoms with Gasteiger partial charge in [0.15, 0.2) is 5.43 Å². The van der Waals surface area contributed by atoms with Crippen LogP contribution < -0.4 is 5.43 Å². The molecule has 1 aliphatic rings. The second-order valence-electron chi connectivity index (χ2n) is 6.20. The lowest BCUT2D eigenvalue weighted by molar-refractivity contribution is 0.0716. The Bertz CT molecular complexity index is 1060. The third-order valence-electron chi connectivity index (χ3n) is 4.59. The third kappa shape index (κ3) is 2.50. The molecule has 132 valence electrons. The van der Waals surface area contributed by atoms with Gasteiger partial charge in [-0.1, -0.05) is 24.3 Å². The first-order valence-electron chi connectivity index (χ1n) is 8.35. The topological polar surface area (TPSA) is 70.8 Å². The summed E-state index contributed by atoms with van der Waals surface area (Å²) in [6, 6.07) is 11.8. The molecule has 0 aliphatic carbocycles. The standard InChI is InChI=1S/C20H16FNO4/c21-13-6-3-5-12(11-13)17-16-18(24)14-7-1-2-8-15(14)26-19(16)20(25)22(17)9-4-10-23/h1-3,5-8,11,17,23H,4,9-10H2/t17-/m0/s1. The number of nitrogens with zero attached hydrogens (tertiary/aromatic N) is 1. The van der Waals surface area contributed by atoms with E-state index in [0.717, 1.165) is 0 Å². The summed E-state index contributed by atoms with van der Waals surface area (Å²) in [6.07, 6.45) is 0.346. The van der Waals surface area contributed by atoms with E-state index in [1.54, 1.807) is 36.4 Å². The fraction of sp³-hybridized carbons (Fsp3) is 0.200. The lowest BCUT2D eigenvalue weighted by atomic mass is 9.98. The van der Waals surface area contributed by atoms with Gasteiger partial charge in [-0.3, -0.25) is 9.59 Å². The summed E-state index contributed by atoms with van der Waals surface area (Å²) >= 11 is 0. The van der Waals surface area contributed by atoms with Crippen molar-refractivity contribution in [1.82, 2.24) is 4.90 Å². The fourth-order valence-corrected chi connectivity index (χ4v) is 3.46. The molecule has 1 amide bonds. The van der Waals surface area contributed by atoms with Crippen molar-refractivity contribution in [3.63, 3.8) is 0 Å². The van der Waals surface area contributed by atoms with E-state index >= 15 is 0 Å². The fourth-order valence-electron chi connectivity index (χ4n) is 3.46. The van der Waals surface area contributed by atoms with Gasteiger partial charge in [-0.25, -0.2) is 4.39 Å². The molecule has 2 aromatic carbocycles. The molecule has 5 nitrogen and oxygen atoms in total. The molecule has 1 aromatic heterocycles. The molecule has 0 fully saturated rings. The van der Waals surface area contributed by atoms with E-state index in [1.165, 1.54) is 17.0 Å². The van der Waals surface area contributed by atoms with Gasteiger partial charge in [0.25, 0.3) is 5.91 Å². The molecule has 26 heavy (non-hydrogen) atoms. The molecule has 1 N–H and O–H groups in total. The van der Waals surface area contributed by atoms with Crippen molar-refractivity contribution in [3.8, 4) is 0 Å². The highest BCUT2D eigenvalue weighted by Gasteiger charge is 2.42. The zero-order valence-corrected chi connectivity index (χ0v) is 13.8. The number of para-hydroxylation sites is 1. The molecule has 1 aliphatic heterocycles. The van der Waals surface area contributed by atoms with Crippen LogP contribution in [0.1, 0.15) is 34.1 Å². The molecule has 4 rings (SSSR count). The highest BCUT2D eigenvalue weighted by molar-refractivity contribution is 5.99. The first-order valence-corrected chi connectivity index (χ1v) is 8.35. The average molecular weight is 353 g/mol. The van der Waals surface area contributed by atoms with E-state index < -0.39 is 17.8 Å². The van der Waals surface area contributed by atoms with Crippen LogP contribution in [0.5, 0.6) is 0 Å². The van der Waals surface area contributed by atoms with Crippen LogP contribution in [0.4, 0.5) is 4.39 Å². The van der Waals surface area contributed by atoms with E-state index in [2.05, 4.69) is 0 Å². The number of carbonyl (C=O) groups excluding carboxylic acids is 1. The molecular formula is C20H16FNO4. The second-order valence-corrected chi connectivity index (χ2v) is 6.20. The summed E-state index contributed by atoms with van der Waals surface area (Å²) in [5.41, 5.74) is 0.762. The van der Waals surface area contributed by atoms with Gasteiger partial charge in [0.1, 0.15) is 11.4 Å². The number of aliphatic hydroxyl groups is 1. The Hall–Kier alpha value is -2.99. The van der Waals surface area contributed by atoms with Crippen LogP contribution in [0.3, 0.4) is 0 Å². The van der Waals surface area contributed by atoms with Crippen LogP contribution in [0.15, 0.2) is 57.7 Å². The van der Waals surface area contributed by atoms with Crippen molar-refractivity contribution < 1.29 is 18.7 Å². The summed E-state index contributed by atoms with van der Waals surface area (Å²) in [5.74, 6) is -0.887. The molecule has 0 saturated carbocycles. The van der Waals surface area contributed by atoms with Crippen molar-refractivity contribution in [2.75, 3.05) is 13.2 Å². The van der Waals surface area contributed by atoms with Crippen LogP contribution in [0.25, 0.3) is 11.0 Å². The number of fused-ring (bicyclic) bond motifs is 2. The SMILES string of the molecule is O=C1c2oc3ccccc3c(=O)c2[C@H](c2cccc(F)c2)N1CCCO. The summed E-state index contributed by atoms with van der Waals surface area (Å²) in [4.78, 5) is 27.4. The molecular weight excluding hydrogens is 337 g/mol. The minimum Gasteiger partial charge on any atom is -0.450 e. The molecule has 2 heterocycles. The number of halogens is 1. The Balaban J connectivity index is 1.97. The van der Waals surface area contributed by atoms with Gasteiger partial charge in [-0.2, -0.15) is 0 Å². The Morgan fingerprint density at radius 2 is 1.92 bits per heavy atom. The number of hydrogen-bond donors (Lipinski definition) is 1. The Kier molecular flexibility index (Phi) is 4.05. The Morgan fingerprint density at radius 1 is 1.12 bits per heavy atom. The molecule has 0 unspecified atom stereocenters. The Morgan fingerprint density at radius 3 is 2.69 bits per heavy atom. The maximum Gasteiger partial charge on any atom is 0.290 e. The quantitative estimate of drug-likeness (QED) is 0.783. The van der Waals surface area contributed by atoms with Crippen molar-refractivity contribution in [2.45, 2.75) is 12.5 Å². The molecule has 3 aromatic rings. The van der Waals surface area contributed by atoms with Gasteiger partial charge in [0.05, 0.1) is 17.0 Å². The lowest BCUT2D eigenvalue weighted by Gasteiger charge is -2.24. The van der Waals surface area contributed by atoms with Crippen molar-refractivity contribution in [1.29, 1.82) is 0 Å². The van der Waals surface area contributed by atoms with Crippen LogP contribution in [0.2, 0.25) is 0 Å². The maximum absolute atomic E-state index is 13.8. The molecule has 0 bridgehead atoms. The van der Waals surface area contributed by atoms with Crippen LogP contribution in [-0.2, 0) is 0 Å². The Labute approximate surface area is 148 Å². The first kappa shape index (κ1) is 16.5. The van der Waals surface area contributed by atoms with Gasteiger partial charge in [0, 0.05) is 13.2 Å². The number of benzene rings is 2. The van der Waals surface area contributed by atoms with E-state index in [1.807, 2.05) is 0 Å². The van der Waals surface area contributed by atoms with Gasteiger partial charge >= 0.3 is 0 Å². The molecule has 6 heteroatoms. The first-order chi connectivity index (χ1) is 12.6. The van der Waals surface area contributed by atoms with Crippen molar-refractivity contribution in [3.05, 3.63) is 81.5 Å². The van der Waals surface area contributed by atoms with Crippen molar-refractivity contribution in [2.24, 2.45) is 0 Å². The molecule has 0 saturated heterocycles. The van der Waals surface area contributed by atoms with Gasteiger partial charge in [-0.15, -0.1) is 0 Å². The van der Waals surface area contributed by atoms with Crippen LogP contribution >= 0.6 is 0 Å². The highest BCUT2D eigenvalue weighted by Crippen LogP contribution is 2.38. The predicted octanol–water partition coefficient (Wildman–Crippen LogP) is 2.86. The van der Waals surface area contributed by atoms with Gasteiger partial charge in [-0.05, 0) is 36.2 Å². The minimum atomic E-state index is -0.736. The van der Waals surface area contributed by atoms with Gasteiger partial charge in [0.2, 0.25) is 5.76 Å². The average Bonchev–Trinajstić information content (AvgIpc) is 2.93. The minimum absolute atomic E-state index is 0.0131. The molecule has 0 radical (unpaired) electrons. The molecule has 0 spiro atoms. The number of hydrogen-bond acceptors (Lipinski definition) is 4. The summed E-state index contributed by atoms with van der Waals surface area (Å²) in [5, 5.41) is 9.54. The molecule has 1 atom stereocenters. The van der Waals surface area contributed by atoms with Crippen molar-refractivity contribution >= 4 is 16.9 Å². The summed E-state index contributed by atoms with van der Waals surface area (Å²) in [6.45, 7) is 0.135. The number of rotatable bonds is 4. The van der Waals surface area contributed by atoms with E-state index in [0.29, 0.717) is 23.0 Å². The van der Waals surface area contributed by atoms with E-state index in [-0.39, 0.29) is 29.9 Å². The third-order valence-corrected chi connectivity index (χ3v) is 4.59.